The molecule has 0 bridgehead atoms. The Labute approximate surface area is 179 Å². The molecule has 150 valence electrons. The van der Waals surface area contributed by atoms with Gasteiger partial charge in [0.15, 0.2) is 5.78 Å². The first-order valence-corrected chi connectivity index (χ1v) is 10.2. The molecular formula is C24H20ClN3O2. The number of halogens is 1. The number of carbonyl (C=O) groups excluding carboxylic acids is 2. The smallest absolute Gasteiger partial charge is 0.250 e. The van der Waals surface area contributed by atoms with Crippen LogP contribution in [0.3, 0.4) is 0 Å². The lowest BCUT2D eigenvalue weighted by Crippen LogP contribution is -2.51. The van der Waals surface area contributed by atoms with Crippen molar-refractivity contribution in [3.8, 4) is 0 Å². The third-order valence-corrected chi connectivity index (χ3v) is 6.61. The Morgan fingerprint density at radius 1 is 1.10 bits per heavy atom. The van der Waals surface area contributed by atoms with Gasteiger partial charge in [0.1, 0.15) is 11.2 Å². The number of benzene rings is 2. The number of nitrogens with zero attached hydrogens (tertiary/aromatic N) is 2. The molecule has 0 saturated carbocycles. The minimum Gasteiger partial charge on any atom is -0.324 e. The molecule has 1 saturated heterocycles. The van der Waals surface area contributed by atoms with Gasteiger partial charge in [0, 0.05) is 34.9 Å². The average Bonchev–Trinajstić information content (AvgIpc) is 3.24. The molecule has 0 aliphatic carbocycles. The Hall–Kier alpha value is -3.02. The zero-order valence-corrected chi connectivity index (χ0v) is 17.1. The highest BCUT2D eigenvalue weighted by molar-refractivity contribution is 6.30. The largest absolute Gasteiger partial charge is 0.324 e. The Morgan fingerprint density at radius 3 is 2.57 bits per heavy atom. The van der Waals surface area contributed by atoms with Crippen molar-refractivity contribution in [3.05, 3.63) is 94.8 Å². The number of carbonyl (C=O) groups is 2. The van der Waals surface area contributed by atoms with Crippen molar-refractivity contribution >= 4 is 29.0 Å². The Morgan fingerprint density at radius 2 is 1.83 bits per heavy atom. The predicted molar refractivity (Wildman–Crippen MR) is 116 cm³/mol. The Kier molecular flexibility index (Phi) is 4.45. The molecule has 2 aliphatic heterocycles. The number of nitrogens with one attached hydrogen (secondary N) is 1. The van der Waals surface area contributed by atoms with E-state index in [4.69, 9.17) is 11.6 Å². The summed E-state index contributed by atoms with van der Waals surface area (Å²) in [6, 6.07) is 20.4. The number of ketones is 1. The van der Waals surface area contributed by atoms with E-state index in [1.54, 1.807) is 24.4 Å². The van der Waals surface area contributed by atoms with Crippen molar-refractivity contribution in [1.29, 1.82) is 0 Å². The monoisotopic (exact) mass is 417 g/mol. The van der Waals surface area contributed by atoms with Crippen LogP contribution < -0.4 is 5.32 Å². The summed E-state index contributed by atoms with van der Waals surface area (Å²) in [5.41, 5.74) is 1.85. The molecule has 6 heteroatoms. The molecule has 2 aliphatic rings. The van der Waals surface area contributed by atoms with E-state index in [0.717, 1.165) is 16.8 Å². The zero-order chi connectivity index (χ0) is 20.9. The molecule has 3 aromatic rings. The van der Waals surface area contributed by atoms with E-state index < -0.39 is 11.5 Å². The molecule has 1 aromatic heterocycles. The fourth-order valence-corrected chi connectivity index (χ4v) is 5.20. The second-order valence-electron chi connectivity index (χ2n) is 7.86. The maximum atomic E-state index is 13.9. The lowest BCUT2D eigenvalue weighted by molar-refractivity contribution is -0.126. The lowest BCUT2D eigenvalue weighted by atomic mass is 9.71. The Balaban J connectivity index is 1.73. The molecule has 1 spiro atoms. The van der Waals surface area contributed by atoms with E-state index in [9.17, 15) is 9.59 Å². The molecule has 2 aromatic carbocycles. The molecule has 0 radical (unpaired) electrons. The number of pyridine rings is 1. The van der Waals surface area contributed by atoms with Gasteiger partial charge in [0.25, 0.3) is 0 Å². The summed E-state index contributed by atoms with van der Waals surface area (Å²) in [6.07, 6.45) is 1.61. The second-order valence-corrected chi connectivity index (χ2v) is 8.30. The van der Waals surface area contributed by atoms with Crippen LogP contribution >= 0.6 is 11.6 Å². The number of aromatic nitrogens is 1. The molecule has 3 atom stereocenters. The summed E-state index contributed by atoms with van der Waals surface area (Å²) in [5.74, 6) is -1.11. The second kappa shape index (κ2) is 7.04. The van der Waals surface area contributed by atoms with Crippen LogP contribution in [0.2, 0.25) is 5.02 Å². The summed E-state index contributed by atoms with van der Waals surface area (Å²) < 4.78 is 0. The predicted octanol–water partition coefficient (Wildman–Crippen LogP) is 4.11. The molecule has 1 fully saturated rings. The van der Waals surface area contributed by atoms with Crippen LogP contribution in [0.25, 0.3) is 0 Å². The van der Waals surface area contributed by atoms with Gasteiger partial charge in [-0.15, -0.1) is 0 Å². The minimum atomic E-state index is -1.09. The quantitative estimate of drug-likeness (QED) is 0.651. The van der Waals surface area contributed by atoms with Gasteiger partial charge in [-0.05, 0) is 42.9 Å². The van der Waals surface area contributed by atoms with E-state index in [0.29, 0.717) is 17.3 Å². The third-order valence-electron chi connectivity index (χ3n) is 6.36. The van der Waals surface area contributed by atoms with Gasteiger partial charge in [-0.1, -0.05) is 48.0 Å². The van der Waals surface area contributed by atoms with Crippen LogP contribution in [-0.2, 0) is 10.3 Å². The summed E-state index contributed by atoms with van der Waals surface area (Å²) in [6.45, 7) is 0.562. The summed E-state index contributed by atoms with van der Waals surface area (Å²) in [4.78, 5) is 33.7. The fraction of sp³-hybridized carbons (Fsp3) is 0.208. The standard InChI is InChI=1S/C24H20ClN3O2/c1-28-14-17(15-9-11-16(25)12-10-15)21(22(29)20-8-4-5-13-26-20)24(28)18-6-2-3-7-19(18)27-23(24)30/h2-13,17,21H,14H2,1H3,(H,27,30)/t17-,21?,24-/m1/s1. The van der Waals surface area contributed by atoms with Gasteiger partial charge in [-0.25, -0.2) is 0 Å². The molecular weight excluding hydrogens is 398 g/mol. The maximum absolute atomic E-state index is 13.9. The molecule has 1 N–H and O–H groups in total. The van der Waals surface area contributed by atoms with E-state index in [-0.39, 0.29) is 17.6 Å². The van der Waals surface area contributed by atoms with Crippen molar-refractivity contribution in [2.75, 3.05) is 18.9 Å². The number of Topliss-reactive ketones (excluding diaryl/α,β-unsaturated/α-hetero) is 1. The van der Waals surface area contributed by atoms with Gasteiger partial charge in [-0.3, -0.25) is 19.5 Å². The molecule has 1 unspecified atom stereocenters. The number of amides is 1. The van der Waals surface area contributed by atoms with E-state index in [1.807, 2.05) is 60.5 Å². The number of hydrogen-bond donors (Lipinski definition) is 1. The number of likely N-dealkylation sites (N-methyl/N-ethyl adjacent to an activating group) is 1. The molecule has 30 heavy (non-hydrogen) atoms. The van der Waals surface area contributed by atoms with Crippen molar-refractivity contribution in [3.63, 3.8) is 0 Å². The fourth-order valence-electron chi connectivity index (χ4n) is 5.07. The van der Waals surface area contributed by atoms with Crippen LogP contribution in [0, 0.1) is 5.92 Å². The maximum Gasteiger partial charge on any atom is 0.250 e. The number of likely N-dealkylation sites (tertiary alicyclic amines) is 1. The SMILES string of the molecule is CN1C[C@H](c2ccc(Cl)cc2)C(C(=O)c2ccccn2)[C@]12C(=O)Nc1ccccc12. The van der Waals surface area contributed by atoms with Crippen molar-refractivity contribution in [1.82, 2.24) is 9.88 Å². The summed E-state index contributed by atoms with van der Waals surface area (Å²) >= 11 is 6.10. The van der Waals surface area contributed by atoms with Crippen molar-refractivity contribution in [2.24, 2.45) is 5.92 Å². The number of para-hydroxylation sites is 1. The van der Waals surface area contributed by atoms with Gasteiger partial charge < -0.3 is 5.32 Å². The van der Waals surface area contributed by atoms with Crippen LogP contribution in [-0.4, -0.2) is 35.2 Å². The van der Waals surface area contributed by atoms with Crippen molar-refractivity contribution < 1.29 is 9.59 Å². The lowest BCUT2D eigenvalue weighted by Gasteiger charge is -2.35. The number of fused-ring (bicyclic) bond motifs is 2. The van der Waals surface area contributed by atoms with Crippen molar-refractivity contribution in [2.45, 2.75) is 11.5 Å². The zero-order valence-electron chi connectivity index (χ0n) is 16.4. The number of rotatable bonds is 3. The first-order chi connectivity index (χ1) is 14.5. The van der Waals surface area contributed by atoms with Gasteiger partial charge >= 0.3 is 0 Å². The summed E-state index contributed by atoms with van der Waals surface area (Å²) in [5, 5.41) is 3.64. The van der Waals surface area contributed by atoms with E-state index in [1.165, 1.54) is 0 Å². The topological polar surface area (TPSA) is 62.3 Å². The van der Waals surface area contributed by atoms with Crippen LogP contribution in [0.4, 0.5) is 5.69 Å². The van der Waals surface area contributed by atoms with Gasteiger partial charge in [-0.2, -0.15) is 0 Å². The normalized spacial score (nSPS) is 25.3. The van der Waals surface area contributed by atoms with E-state index in [2.05, 4.69) is 10.3 Å². The summed E-state index contributed by atoms with van der Waals surface area (Å²) in [7, 11) is 1.91. The van der Waals surface area contributed by atoms with Crippen LogP contribution in [0.1, 0.15) is 27.5 Å². The molecule has 5 nitrogen and oxygen atoms in total. The Bertz CT molecular complexity index is 1130. The molecule has 1 amide bonds. The minimum absolute atomic E-state index is 0.133. The number of hydrogen-bond acceptors (Lipinski definition) is 4. The highest BCUT2D eigenvalue weighted by Gasteiger charge is 2.64. The third kappa shape index (κ3) is 2.62. The highest BCUT2D eigenvalue weighted by atomic mass is 35.5. The average molecular weight is 418 g/mol. The van der Waals surface area contributed by atoms with Gasteiger partial charge in [0.05, 0.1) is 5.92 Å². The molecule has 5 rings (SSSR count). The first-order valence-electron chi connectivity index (χ1n) is 9.86. The van der Waals surface area contributed by atoms with Gasteiger partial charge in [0.2, 0.25) is 5.91 Å². The first kappa shape index (κ1) is 19.0. The van der Waals surface area contributed by atoms with E-state index >= 15 is 0 Å². The van der Waals surface area contributed by atoms with Crippen LogP contribution in [0.5, 0.6) is 0 Å². The van der Waals surface area contributed by atoms with Crippen LogP contribution in [0.15, 0.2) is 72.9 Å². The highest BCUT2D eigenvalue weighted by Crippen LogP contribution is 2.55. The number of anilines is 1. The molecule has 3 heterocycles.